The van der Waals surface area contributed by atoms with Gasteiger partial charge in [0.1, 0.15) is 12.4 Å². The molecule has 1 N–H and O–H groups in total. The Bertz CT molecular complexity index is 635. The van der Waals surface area contributed by atoms with Gasteiger partial charge in [0.15, 0.2) is 0 Å². The molecule has 0 bridgehead atoms. The van der Waals surface area contributed by atoms with E-state index in [1.54, 1.807) is 0 Å². The van der Waals surface area contributed by atoms with E-state index >= 15 is 0 Å². The summed E-state index contributed by atoms with van der Waals surface area (Å²) >= 11 is 0. The monoisotopic (exact) mass is 327 g/mol. The molecule has 0 saturated carbocycles. The van der Waals surface area contributed by atoms with E-state index in [-0.39, 0.29) is 18.6 Å². The number of hydrogen-bond donors (Lipinski definition) is 1. The van der Waals surface area contributed by atoms with Gasteiger partial charge in [-0.2, -0.15) is 0 Å². The van der Waals surface area contributed by atoms with Gasteiger partial charge < -0.3 is 14.8 Å². The molecule has 1 amide bonds. The van der Waals surface area contributed by atoms with E-state index in [0.29, 0.717) is 6.61 Å². The summed E-state index contributed by atoms with van der Waals surface area (Å²) in [5.41, 5.74) is 3.51. The van der Waals surface area contributed by atoms with Gasteiger partial charge in [0.25, 0.3) is 0 Å². The number of ether oxygens (including phenoxy) is 2. The zero-order valence-corrected chi connectivity index (χ0v) is 14.5. The molecule has 0 saturated heterocycles. The first-order valence-electron chi connectivity index (χ1n) is 8.23. The maximum Gasteiger partial charge on any atom is 0.246 e. The highest BCUT2D eigenvalue weighted by Crippen LogP contribution is 2.23. The first-order chi connectivity index (χ1) is 11.6. The van der Waals surface area contributed by atoms with Crippen molar-refractivity contribution in [2.24, 2.45) is 0 Å². The highest BCUT2D eigenvalue weighted by molar-refractivity contribution is 5.77. The molecule has 24 heavy (non-hydrogen) atoms. The first-order valence-corrected chi connectivity index (χ1v) is 8.23. The first kappa shape index (κ1) is 18.0. The third-order valence-electron chi connectivity index (χ3n) is 3.68. The lowest BCUT2D eigenvalue weighted by molar-refractivity contribution is -0.125. The number of carbonyl (C=O) groups excluding carboxylic acids is 1. The number of benzene rings is 2. The molecule has 0 radical (unpaired) electrons. The summed E-state index contributed by atoms with van der Waals surface area (Å²) in [7, 11) is 1.52. The third kappa shape index (κ3) is 5.39. The standard InChI is InChI=1S/C20H25NO3/c1-4-24-19-11-9-18(10-12-19)17-7-5-16(6-8-17)13-15(2)21-20(22)14-23-3/h5-12,15H,4,13-14H2,1-3H3,(H,21,22). The molecule has 1 atom stereocenters. The van der Waals surface area contributed by atoms with Crippen molar-refractivity contribution in [3.05, 3.63) is 54.1 Å². The lowest BCUT2D eigenvalue weighted by Gasteiger charge is -2.14. The minimum Gasteiger partial charge on any atom is -0.494 e. The van der Waals surface area contributed by atoms with E-state index in [0.717, 1.165) is 23.3 Å². The number of amides is 1. The Labute approximate surface area is 143 Å². The topological polar surface area (TPSA) is 47.6 Å². The Hall–Kier alpha value is -2.33. The summed E-state index contributed by atoms with van der Waals surface area (Å²) in [6.45, 7) is 4.74. The van der Waals surface area contributed by atoms with Gasteiger partial charge in [-0.3, -0.25) is 4.79 Å². The van der Waals surface area contributed by atoms with Crippen LogP contribution in [0.2, 0.25) is 0 Å². The van der Waals surface area contributed by atoms with Crippen LogP contribution in [0.15, 0.2) is 48.5 Å². The summed E-state index contributed by atoms with van der Waals surface area (Å²) < 4.78 is 10.3. The molecule has 0 aliphatic carbocycles. The molecular formula is C20H25NO3. The van der Waals surface area contributed by atoms with Crippen LogP contribution < -0.4 is 10.1 Å². The van der Waals surface area contributed by atoms with Crippen LogP contribution in [-0.2, 0) is 16.0 Å². The number of carbonyl (C=O) groups is 1. The Morgan fingerprint density at radius 3 is 2.17 bits per heavy atom. The normalized spacial score (nSPS) is 11.8. The molecule has 0 fully saturated rings. The molecule has 4 heteroatoms. The van der Waals surface area contributed by atoms with Gasteiger partial charge in [-0.1, -0.05) is 36.4 Å². The molecule has 0 spiro atoms. The molecule has 0 aliphatic rings. The third-order valence-corrected chi connectivity index (χ3v) is 3.68. The largest absolute Gasteiger partial charge is 0.494 e. The van der Waals surface area contributed by atoms with Gasteiger partial charge >= 0.3 is 0 Å². The van der Waals surface area contributed by atoms with Crippen LogP contribution in [-0.4, -0.2) is 32.3 Å². The fraction of sp³-hybridized carbons (Fsp3) is 0.350. The van der Waals surface area contributed by atoms with Crippen molar-refractivity contribution in [2.75, 3.05) is 20.3 Å². The second-order valence-corrected chi connectivity index (χ2v) is 5.76. The molecule has 2 aromatic carbocycles. The van der Waals surface area contributed by atoms with Gasteiger partial charge in [0, 0.05) is 13.2 Å². The van der Waals surface area contributed by atoms with E-state index in [9.17, 15) is 4.79 Å². The van der Waals surface area contributed by atoms with Crippen LogP contribution >= 0.6 is 0 Å². The Morgan fingerprint density at radius 1 is 1.04 bits per heavy atom. The number of hydrogen-bond acceptors (Lipinski definition) is 3. The van der Waals surface area contributed by atoms with Crippen molar-refractivity contribution in [3.8, 4) is 16.9 Å². The van der Waals surface area contributed by atoms with Crippen molar-refractivity contribution >= 4 is 5.91 Å². The Balaban J connectivity index is 1.96. The van der Waals surface area contributed by atoms with Crippen LogP contribution in [0.5, 0.6) is 5.75 Å². The molecule has 0 heterocycles. The molecule has 2 aromatic rings. The Kier molecular flexibility index (Phi) is 6.82. The van der Waals surface area contributed by atoms with Crippen LogP contribution in [0.1, 0.15) is 19.4 Å². The van der Waals surface area contributed by atoms with Crippen LogP contribution in [0.3, 0.4) is 0 Å². The van der Waals surface area contributed by atoms with Gasteiger partial charge in [0.2, 0.25) is 5.91 Å². The summed E-state index contributed by atoms with van der Waals surface area (Å²) in [5, 5.41) is 2.92. The van der Waals surface area contributed by atoms with E-state index in [1.807, 2.05) is 26.0 Å². The van der Waals surface area contributed by atoms with Crippen LogP contribution in [0.25, 0.3) is 11.1 Å². The zero-order chi connectivity index (χ0) is 17.4. The smallest absolute Gasteiger partial charge is 0.246 e. The molecule has 0 aromatic heterocycles. The highest BCUT2D eigenvalue weighted by Gasteiger charge is 2.08. The molecule has 4 nitrogen and oxygen atoms in total. The lowest BCUT2D eigenvalue weighted by atomic mass is 10.0. The predicted octanol–water partition coefficient (Wildman–Crippen LogP) is 3.45. The Morgan fingerprint density at radius 2 is 1.62 bits per heavy atom. The van der Waals surface area contributed by atoms with Crippen LogP contribution in [0, 0.1) is 0 Å². The number of methoxy groups -OCH3 is 1. The van der Waals surface area contributed by atoms with Gasteiger partial charge in [-0.15, -0.1) is 0 Å². The quantitative estimate of drug-likeness (QED) is 0.808. The molecular weight excluding hydrogens is 302 g/mol. The molecule has 1 unspecified atom stereocenters. The van der Waals surface area contributed by atoms with E-state index < -0.39 is 0 Å². The summed E-state index contributed by atoms with van der Waals surface area (Å²) in [4.78, 5) is 11.5. The van der Waals surface area contributed by atoms with Crippen LogP contribution in [0.4, 0.5) is 0 Å². The molecule has 2 rings (SSSR count). The SMILES string of the molecule is CCOc1ccc(-c2ccc(CC(C)NC(=O)COC)cc2)cc1. The van der Waals surface area contributed by atoms with Gasteiger partial charge in [0.05, 0.1) is 6.61 Å². The zero-order valence-electron chi connectivity index (χ0n) is 14.5. The van der Waals surface area contributed by atoms with E-state index in [2.05, 4.69) is 41.7 Å². The van der Waals surface area contributed by atoms with Crippen molar-refractivity contribution in [3.63, 3.8) is 0 Å². The second kappa shape index (κ2) is 9.08. The average molecular weight is 327 g/mol. The summed E-state index contributed by atoms with van der Waals surface area (Å²) in [6, 6.07) is 16.6. The summed E-state index contributed by atoms with van der Waals surface area (Å²) in [6.07, 6.45) is 0.791. The van der Waals surface area contributed by atoms with Crippen molar-refractivity contribution in [1.29, 1.82) is 0 Å². The van der Waals surface area contributed by atoms with Gasteiger partial charge in [-0.05, 0) is 49.1 Å². The second-order valence-electron chi connectivity index (χ2n) is 5.76. The maximum absolute atomic E-state index is 11.5. The minimum atomic E-state index is -0.0870. The van der Waals surface area contributed by atoms with E-state index in [4.69, 9.17) is 9.47 Å². The minimum absolute atomic E-state index is 0.0731. The van der Waals surface area contributed by atoms with E-state index in [1.165, 1.54) is 12.7 Å². The fourth-order valence-electron chi connectivity index (χ4n) is 2.60. The molecule has 0 aliphatic heterocycles. The highest BCUT2D eigenvalue weighted by atomic mass is 16.5. The number of rotatable bonds is 8. The van der Waals surface area contributed by atoms with Crippen molar-refractivity contribution < 1.29 is 14.3 Å². The molecule has 128 valence electrons. The lowest BCUT2D eigenvalue weighted by Crippen LogP contribution is -2.36. The van der Waals surface area contributed by atoms with Crippen molar-refractivity contribution in [2.45, 2.75) is 26.3 Å². The summed E-state index contributed by atoms with van der Waals surface area (Å²) in [5.74, 6) is 0.800. The predicted molar refractivity (Wildman–Crippen MR) is 96.2 cm³/mol. The van der Waals surface area contributed by atoms with Gasteiger partial charge in [-0.25, -0.2) is 0 Å². The number of nitrogens with one attached hydrogen (secondary N) is 1. The average Bonchev–Trinajstić information content (AvgIpc) is 2.57. The van der Waals surface area contributed by atoms with Crippen molar-refractivity contribution in [1.82, 2.24) is 5.32 Å². The maximum atomic E-state index is 11.5. The fourth-order valence-corrected chi connectivity index (χ4v) is 2.60.